The van der Waals surface area contributed by atoms with E-state index in [-0.39, 0.29) is 5.91 Å². The molecule has 25 heavy (non-hydrogen) atoms. The minimum atomic E-state index is -0.151. The molecule has 0 aliphatic rings. The Morgan fingerprint density at radius 3 is 2.56 bits per heavy atom. The lowest BCUT2D eigenvalue weighted by Crippen LogP contribution is -2.25. The minimum absolute atomic E-state index is 0.151. The molecule has 4 heteroatoms. The Bertz CT molecular complexity index is 772. The number of benzene rings is 1. The number of hydrogen-bond acceptors (Lipinski definition) is 2. The van der Waals surface area contributed by atoms with E-state index in [2.05, 4.69) is 41.8 Å². The van der Waals surface area contributed by atoms with Crippen molar-refractivity contribution in [2.24, 2.45) is 0 Å². The van der Waals surface area contributed by atoms with Gasteiger partial charge < -0.3 is 9.88 Å². The van der Waals surface area contributed by atoms with Gasteiger partial charge in [0.2, 0.25) is 5.91 Å². The van der Waals surface area contributed by atoms with Crippen molar-refractivity contribution in [2.75, 3.05) is 0 Å². The average Bonchev–Trinajstić information content (AvgIpc) is 2.91. The number of amides is 1. The number of carbonyl (C=O) groups is 1. The van der Waals surface area contributed by atoms with Gasteiger partial charge in [-0.25, -0.2) is 4.98 Å². The Kier molecular flexibility index (Phi) is 6.52. The summed E-state index contributed by atoms with van der Waals surface area (Å²) < 4.78 is 2.10. The van der Waals surface area contributed by atoms with Crippen LogP contribution in [0.15, 0.2) is 67.8 Å². The Morgan fingerprint density at radius 2 is 1.96 bits per heavy atom. The van der Waals surface area contributed by atoms with E-state index in [1.54, 1.807) is 6.92 Å². The topological polar surface area (TPSA) is 46.9 Å². The normalized spacial score (nSPS) is 10.3. The number of nitrogens with one attached hydrogen (secondary N) is 1. The molecule has 0 aliphatic heterocycles. The predicted octanol–water partition coefficient (Wildman–Crippen LogP) is 3.58. The second-order valence-corrected chi connectivity index (χ2v) is 5.94. The van der Waals surface area contributed by atoms with Gasteiger partial charge in [-0.15, -0.1) is 13.2 Å². The zero-order valence-corrected chi connectivity index (χ0v) is 14.8. The Labute approximate surface area is 149 Å². The maximum Gasteiger partial charge on any atom is 0.246 e. The third-order valence-corrected chi connectivity index (χ3v) is 3.89. The van der Waals surface area contributed by atoms with Gasteiger partial charge in [0.05, 0.1) is 17.9 Å². The first-order chi connectivity index (χ1) is 12.1. The van der Waals surface area contributed by atoms with Gasteiger partial charge in [-0.2, -0.15) is 0 Å². The third-order valence-electron chi connectivity index (χ3n) is 3.89. The smallest absolute Gasteiger partial charge is 0.246 e. The van der Waals surface area contributed by atoms with E-state index in [1.807, 2.05) is 30.4 Å². The molecule has 0 saturated heterocycles. The third kappa shape index (κ3) is 4.80. The van der Waals surface area contributed by atoms with E-state index in [1.165, 1.54) is 5.56 Å². The number of rotatable bonds is 9. The fourth-order valence-electron chi connectivity index (χ4n) is 2.66. The highest BCUT2D eigenvalue weighted by Gasteiger charge is 2.17. The molecule has 1 amide bonds. The summed E-state index contributed by atoms with van der Waals surface area (Å²) in [5, 5.41) is 2.92. The lowest BCUT2D eigenvalue weighted by molar-refractivity contribution is -0.117. The zero-order valence-electron chi connectivity index (χ0n) is 14.8. The Morgan fingerprint density at radius 1 is 1.24 bits per heavy atom. The second kappa shape index (κ2) is 8.83. The first kappa shape index (κ1) is 18.5. The standard InChI is InChI=1S/C21H25N3O/c1-5-10-20-23-18(14-17-11-8-7-9-12-17)19(24(20)13-6-2)15-22-21(25)16(3)4/h5-9,11-12H,1-3,10,13-15H2,4H3,(H,22,25). The van der Waals surface area contributed by atoms with Crippen molar-refractivity contribution in [1.29, 1.82) is 0 Å². The van der Waals surface area contributed by atoms with Crippen molar-refractivity contribution in [3.05, 3.63) is 90.6 Å². The van der Waals surface area contributed by atoms with Crippen LogP contribution in [0.2, 0.25) is 0 Å². The average molecular weight is 335 g/mol. The summed E-state index contributed by atoms with van der Waals surface area (Å²) in [6.07, 6.45) is 5.06. The Balaban J connectivity index is 2.38. The molecule has 0 aliphatic carbocycles. The molecule has 2 rings (SSSR count). The number of carbonyl (C=O) groups excluding carboxylic acids is 1. The molecule has 1 aromatic heterocycles. The molecule has 0 saturated carbocycles. The summed E-state index contributed by atoms with van der Waals surface area (Å²) in [7, 11) is 0. The summed E-state index contributed by atoms with van der Waals surface area (Å²) in [6, 6.07) is 10.2. The van der Waals surface area contributed by atoms with Gasteiger partial charge in [-0.3, -0.25) is 4.79 Å². The number of nitrogens with zero attached hydrogens (tertiary/aromatic N) is 2. The summed E-state index contributed by atoms with van der Waals surface area (Å²) in [4.78, 5) is 16.7. The largest absolute Gasteiger partial charge is 0.347 e. The van der Waals surface area contributed by atoms with Crippen molar-refractivity contribution in [3.8, 4) is 0 Å². The summed E-state index contributed by atoms with van der Waals surface area (Å²) >= 11 is 0. The van der Waals surface area contributed by atoms with Crippen LogP contribution in [-0.2, 0) is 30.7 Å². The van der Waals surface area contributed by atoms with Crippen molar-refractivity contribution in [3.63, 3.8) is 0 Å². The number of hydrogen-bond donors (Lipinski definition) is 1. The van der Waals surface area contributed by atoms with Crippen LogP contribution in [-0.4, -0.2) is 15.5 Å². The van der Waals surface area contributed by atoms with Crippen LogP contribution in [0.1, 0.15) is 29.7 Å². The highest BCUT2D eigenvalue weighted by molar-refractivity contribution is 5.91. The van der Waals surface area contributed by atoms with Crippen LogP contribution >= 0.6 is 0 Å². The molecule has 0 fully saturated rings. The fourth-order valence-corrected chi connectivity index (χ4v) is 2.66. The van der Waals surface area contributed by atoms with Gasteiger partial charge in [-0.05, 0) is 12.5 Å². The van der Waals surface area contributed by atoms with E-state index in [4.69, 9.17) is 4.98 Å². The lowest BCUT2D eigenvalue weighted by atomic mass is 10.1. The highest BCUT2D eigenvalue weighted by Crippen LogP contribution is 2.18. The molecule has 1 N–H and O–H groups in total. The van der Waals surface area contributed by atoms with Crippen LogP contribution in [0.3, 0.4) is 0 Å². The molecule has 130 valence electrons. The Hall–Kier alpha value is -2.88. The van der Waals surface area contributed by atoms with Crippen molar-refractivity contribution in [1.82, 2.24) is 14.9 Å². The summed E-state index contributed by atoms with van der Waals surface area (Å²) in [5.41, 5.74) is 3.64. The van der Waals surface area contributed by atoms with E-state index >= 15 is 0 Å². The quantitative estimate of drug-likeness (QED) is 0.562. The predicted molar refractivity (Wildman–Crippen MR) is 102 cm³/mol. The maximum atomic E-state index is 11.9. The van der Waals surface area contributed by atoms with Crippen LogP contribution < -0.4 is 5.32 Å². The fraction of sp³-hybridized carbons (Fsp3) is 0.238. The van der Waals surface area contributed by atoms with Gasteiger partial charge in [0, 0.05) is 25.0 Å². The molecule has 0 atom stereocenters. The number of allylic oxidation sites excluding steroid dienone is 2. The second-order valence-electron chi connectivity index (χ2n) is 5.94. The molecule has 2 aromatic rings. The van der Waals surface area contributed by atoms with Crippen LogP contribution in [0, 0.1) is 0 Å². The molecule has 0 radical (unpaired) electrons. The highest BCUT2D eigenvalue weighted by atomic mass is 16.1. The van der Waals surface area contributed by atoms with Crippen LogP contribution in [0.4, 0.5) is 0 Å². The molecule has 4 nitrogen and oxygen atoms in total. The van der Waals surface area contributed by atoms with E-state index in [9.17, 15) is 4.79 Å². The van der Waals surface area contributed by atoms with Gasteiger partial charge in [0.25, 0.3) is 0 Å². The maximum absolute atomic E-state index is 11.9. The summed E-state index contributed by atoms with van der Waals surface area (Å²) in [6.45, 7) is 14.1. The van der Waals surface area contributed by atoms with E-state index in [0.717, 1.165) is 17.2 Å². The molecule has 1 aromatic carbocycles. The van der Waals surface area contributed by atoms with Gasteiger partial charge in [0.15, 0.2) is 0 Å². The molecular weight excluding hydrogens is 310 g/mol. The van der Waals surface area contributed by atoms with Gasteiger partial charge in [0.1, 0.15) is 5.82 Å². The molecular formula is C21H25N3O. The summed E-state index contributed by atoms with van der Waals surface area (Å²) in [5.74, 6) is 0.780. The van der Waals surface area contributed by atoms with Gasteiger partial charge in [-0.1, -0.05) is 49.1 Å². The van der Waals surface area contributed by atoms with Gasteiger partial charge >= 0.3 is 0 Å². The van der Waals surface area contributed by atoms with E-state index in [0.29, 0.717) is 31.5 Å². The van der Waals surface area contributed by atoms with Crippen molar-refractivity contribution < 1.29 is 4.79 Å². The number of imidazole rings is 1. The van der Waals surface area contributed by atoms with Crippen molar-refractivity contribution in [2.45, 2.75) is 32.9 Å². The van der Waals surface area contributed by atoms with E-state index < -0.39 is 0 Å². The molecule has 1 heterocycles. The molecule has 0 bridgehead atoms. The first-order valence-electron chi connectivity index (χ1n) is 8.33. The zero-order chi connectivity index (χ0) is 18.2. The monoisotopic (exact) mass is 335 g/mol. The number of aromatic nitrogens is 2. The minimum Gasteiger partial charge on any atom is -0.347 e. The molecule has 0 unspecified atom stereocenters. The van der Waals surface area contributed by atoms with Crippen LogP contribution in [0.25, 0.3) is 0 Å². The molecule has 0 spiro atoms. The first-order valence-corrected chi connectivity index (χ1v) is 8.33. The SMILES string of the molecule is C=CCc1nc(Cc2ccccc2)c(CNC(=O)C(=C)C)n1CC=C. The lowest BCUT2D eigenvalue weighted by Gasteiger charge is -2.12. The van der Waals surface area contributed by atoms with Crippen molar-refractivity contribution >= 4 is 5.91 Å². The van der Waals surface area contributed by atoms with Crippen LogP contribution in [0.5, 0.6) is 0 Å².